The average Bonchev–Trinajstić information content (AvgIpc) is 3.78. The van der Waals surface area contributed by atoms with E-state index in [2.05, 4.69) is 180 Å². The summed E-state index contributed by atoms with van der Waals surface area (Å²) in [5, 5.41) is 7.22. The first-order valence-electron chi connectivity index (χ1n) is 18.1. The van der Waals surface area contributed by atoms with E-state index in [4.69, 9.17) is 15.0 Å². The molecule has 0 atom stereocenters. The van der Waals surface area contributed by atoms with Crippen molar-refractivity contribution in [2.24, 2.45) is 0 Å². The summed E-state index contributed by atoms with van der Waals surface area (Å²) in [6.07, 6.45) is 0. The predicted octanol–water partition coefficient (Wildman–Crippen LogP) is 13.2. The fourth-order valence-corrected chi connectivity index (χ4v) is 9.05. The molecule has 0 N–H and O–H groups in total. The molecule has 3 aromatic heterocycles. The minimum absolute atomic E-state index is 0.626. The largest absolute Gasteiger partial charge is 0.308 e. The normalized spacial score (nSPS) is 11.7. The van der Waals surface area contributed by atoms with Crippen molar-refractivity contribution in [3.8, 4) is 51.0 Å². The monoisotopic (exact) mass is 706 g/mol. The molecule has 4 nitrogen and oxygen atoms in total. The Labute approximate surface area is 315 Å². The van der Waals surface area contributed by atoms with E-state index in [0.29, 0.717) is 17.5 Å². The molecule has 252 valence electrons. The molecule has 11 rings (SSSR count). The summed E-state index contributed by atoms with van der Waals surface area (Å²) in [6.45, 7) is 0. The molecule has 0 bridgehead atoms. The highest BCUT2D eigenvalue weighted by Gasteiger charge is 2.21. The van der Waals surface area contributed by atoms with Crippen LogP contribution in [0.1, 0.15) is 0 Å². The number of nitrogens with zero attached hydrogens (tertiary/aromatic N) is 4. The van der Waals surface area contributed by atoms with Gasteiger partial charge in [0.05, 0.1) is 16.7 Å². The highest BCUT2D eigenvalue weighted by molar-refractivity contribution is 7.25. The second-order valence-electron chi connectivity index (χ2n) is 13.6. The van der Waals surface area contributed by atoms with Crippen LogP contribution >= 0.6 is 11.3 Å². The van der Waals surface area contributed by atoms with E-state index >= 15 is 0 Å². The van der Waals surface area contributed by atoms with Crippen LogP contribution in [0, 0.1) is 0 Å². The van der Waals surface area contributed by atoms with Crippen molar-refractivity contribution in [3.63, 3.8) is 0 Å². The summed E-state index contributed by atoms with van der Waals surface area (Å²) >= 11 is 1.80. The van der Waals surface area contributed by atoms with Crippen LogP contribution in [0.4, 0.5) is 0 Å². The molecule has 0 fully saturated rings. The molecule has 3 heterocycles. The lowest BCUT2D eigenvalue weighted by molar-refractivity contribution is 1.07. The number of hydrogen-bond donors (Lipinski definition) is 0. The van der Waals surface area contributed by atoms with Gasteiger partial charge in [-0.2, -0.15) is 0 Å². The number of fused-ring (bicyclic) bond motifs is 7. The molecule has 5 heteroatoms. The van der Waals surface area contributed by atoms with Crippen molar-refractivity contribution >= 4 is 64.1 Å². The maximum absolute atomic E-state index is 5.35. The summed E-state index contributed by atoms with van der Waals surface area (Å²) in [5.41, 5.74) is 8.47. The predicted molar refractivity (Wildman–Crippen MR) is 226 cm³/mol. The summed E-state index contributed by atoms with van der Waals surface area (Å²) in [6, 6.07) is 64.4. The minimum atomic E-state index is 0.626. The first-order valence-corrected chi connectivity index (χ1v) is 18.9. The molecular formula is C49H30N4S. The van der Waals surface area contributed by atoms with E-state index in [1.165, 1.54) is 47.3 Å². The Balaban J connectivity index is 1.17. The minimum Gasteiger partial charge on any atom is -0.308 e. The number of aromatic nitrogens is 4. The second kappa shape index (κ2) is 12.3. The van der Waals surface area contributed by atoms with Gasteiger partial charge in [-0.3, -0.25) is 0 Å². The lowest BCUT2D eigenvalue weighted by atomic mass is 10.0. The molecule has 0 spiro atoms. The number of benzene rings is 8. The SMILES string of the molecule is c1ccc(-c2ccc(-c3nc(-c4ccccc4-n4c5ccccc5c5cc6ccccc6cc54)nc(-c4cccc5sc6ccccc6c45)n3)cc2)cc1. The molecule has 0 saturated carbocycles. The molecular weight excluding hydrogens is 677 g/mol. The smallest absolute Gasteiger partial charge is 0.166 e. The molecule has 0 amide bonds. The van der Waals surface area contributed by atoms with Crippen molar-refractivity contribution in [2.75, 3.05) is 0 Å². The van der Waals surface area contributed by atoms with Gasteiger partial charge in [0.25, 0.3) is 0 Å². The van der Waals surface area contributed by atoms with E-state index in [0.717, 1.165) is 39.0 Å². The first-order chi connectivity index (χ1) is 26.8. The Morgan fingerprint density at radius 2 is 0.963 bits per heavy atom. The zero-order valence-electron chi connectivity index (χ0n) is 29.0. The van der Waals surface area contributed by atoms with Crippen LogP contribution in [0.15, 0.2) is 182 Å². The van der Waals surface area contributed by atoms with Crippen LogP contribution in [0.3, 0.4) is 0 Å². The highest BCUT2D eigenvalue weighted by Crippen LogP contribution is 2.41. The van der Waals surface area contributed by atoms with Crippen molar-refractivity contribution in [2.45, 2.75) is 0 Å². The summed E-state index contributed by atoms with van der Waals surface area (Å²) in [7, 11) is 0. The molecule has 11 aromatic rings. The van der Waals surface area contributed by atoms with Crippen molar-refractivity contribution in [1.82, 2.24) is 19.5 Å². The third-order valence-electron chi connectivity index (χ3n) is 10.5. The van der Waals surface area contributed by atoms with Gasteiger partial charge in [-0.05, 0) is 64.4 Å². The Bertz CT molecular complexity index is 3210. The van der Waals surface area contributed by atoms with E-state index in [-0.39, 0.29) is 0 Å². The highest BCUT2D eigenvalue weighted by atomic mass is 32.1. The van der Waals surface area contributed by atoms with Crippen LogP contribution in [0.5, 0.6) is 0 Å². The average molecular weight is 707 g/mol. The van der Waals surface area contributed by atoms with Crippen LogP contribution in [-0.4, -0.2) is 19.5 Å². The van der Waals surface area contributed by atoms with Gasteiger partial charge in [0.15, 0.2) is 17.5 Å². The van der Waals surface area contributed by atoms with Gasteiger partial charge in [0.1, 0.15) is 0 Å². The Hall–Kier alpha value is -6.95. The summed E-state index contributed by atoms with van der Waals surface area (Å²) < 4.78 is 4.83. The fraction of sp³-hybridized carbons (Fsp3) is 0. The fourth-order valence-electron chi connectivity index (χ4n) is 7.92. The van der Waals surface area contributed by atoms with Gasteiger partial charge in [0, 0.05) is 47.6 Å². The van der Waals surface area contributed by atoms with Crippen molar-refractivity contribution < 1.29 is 0 Å². The number of thiophene rings is 1. The van der Waals surface area contributed by atoms with Gasteiger partial charge in [0.2, 0.25) is 0 Å². The third-order valence-corrected chi connectivity index (χ3v) is 11.6. The Kier molecular flexibility index (Phi) is 7.00. The van der Waals surface area contributed by atoms with Gasteiger partial charge < -0.3 is 4.57 Å². The zero-order chi connectivity index (χ0) is 35.6. The van der Waals surface area contributed by atoms with Crippen LogP contribution in [0.25, 0.3) is 104 Å². The molecule has 0 saturated heterocycles. The van der Waals surface area contributed by atoms with Gasteiger partial charge >= 0.3 is 0 Å². The van der Waals surface area contributed by atoms with Crippen LogP contribution in [-0.2, 0) is 0 Å². The number of para-hydroxylation sites is 2. The van der Waals surface area contributed by atoms with Gasteiger partial charge in [-0.25, -0.2) is 15.0 Å². The van der Waals surface area contributed by atoms with E-state index in [1.807, 2.05) is 6.07 Å². The lowest BCUT2D eigenvalue weighted by Gasteiger charge is -2.15. The van der Waals surface area contributed by atoms with Crippen molar-refractivity contribution in [1.29, 1.82) is 0 Å². The van der Waals surface area contributed by atoms with E-state index < -0.39 is 0 Å². The molecule has 8 aromatic carbocycles. The van der Waals surface area contributed by atoms with Crippen LogP contribution in [0.2, 0.25) is 0 Å². The quantitative estimate of drug-likeness (QED) is 0.179. The topological polar surface area (TPSA) is 43.6 Å². The van der Waals surface area contributed by atoms with Gasteiger partial charge in [-0.1, -0.05) is 140 Å². The zero-order valence-corrected chi connectivity index (χ0v) is 29.8. The molecule has 0 unspecified atom stereocenters. The summed E-state index contributed by atoms with van der Waals surface area (Å²) in [5.74, 6) is 1.91. The van der Waals surface area contributed by atoms with E-state index in [9.17, 15) is 0 Å². The molecule has 0 aliphatic carbocycles. The Morgan fingerprint density at radius 3 is 1.81 bits per heavy atom. The number of rotatable bonds is 5. The molecule has 54 heavy (non-hydrogen) atoms. The Morgan fingerprint density at radius 1 is 0.370 bits per heavy atom. The lowest BCUT2D eigenvalue weighted by Crippen LogP contribution is -2.03. The third kappa shape index (κ3) is 4.94. The standard InChI is InChI=1S/C49H30N4S/c1-2-13-31(14-3-1)32-25-27-33(28-26-32)47-50-48(52-49(51-47)39-20-12-24-45-46(39)38-19-8-11-23-44(38)54-45)37-18-7-10-22-42(37)53-41-21-9-6-17-36(41)40-29-34-15-4-5-16-35(34)30-43(40)53/h1-30H. The molecule has 0 aliphatic rings. The van der Waals surface area contributed by atoms with Gasteiger partial charge in [-0.15, -0.1) is 11.3 Å². The second-order valence-corrected chi connectivity index (χ2v) is 14.7. The summed E-state index contributed by atoms with van der Waals surface area (Å²) in [4.78, 5) is 15.9. The van der Waals surface area contributed by atoms with Crippen LogP contribution < -0.4 is 0 Å². The van der Waals surface area contributed by atoms with Crippen molar-refractivity contribution in [3.05, 3.63) is 182 Å². The molecule has 0 aliphatic heterocycles. The van der Waals surface area contributed by atoms with E-state index in [1.54, 1.807) is 11.3 Å². The first kappa shape index (κ1) is 30.7. The molecule has 0 radical (unpaired) electrons. The maximum atomic E-state index is 5.35. The number of hydrogen-bond acceptors (Lipinski definition) is 4. The maximum Gasteiger partial charge on any atom is 0.166 e.